The van der Waals surface area contributed by atoms with Crippen LogP contribution in [0, 0.1) is 34.6 Å². The van der Waals surface area contributed by atoms with Gasteiger partial charge in [0.25, 0.3) is 0 Å². The molecule has 0 spiro atoms. The minimum atomic E-state index is 0.971. The molecule has 0 unspecified atom stereocenters. The predicted molar refractivity (Wildman–Crippen MR) is 274 cm³/mol. The molecule has 0 radical (unpaired) electrons. The van der Waals surface area contributed by atoms with Crippen LogP contribution < -0.4 is 9.80 Å². The maximum atomic E-state index is 4.39. The van der Waals surface area contributed by atoms with Crippen molar-refractivity contribution in [1.29, 1.82) is 0 Å². The summed E-state index contributed by atoms with van der Waals surface area (Å²) >= 11 is 0. The van der Waals surface area contributed by atoms with E-state index in [2.05, 4.69) is 270 Å². The van der Waals surface area contributed by atoms with Gasteiger partial charge in [0, 0.05) is 34.1 Å². The molecule has 8 aromatic carbocycles. The lowest BCUT2D eigenvalue weighted by molar-refractivity contribution is 1.27. The predicted octanol–water partition coefficient (Wildman–Crippen LogP) is 17.3. The molecule has 0 saturated carbocycles. The molecule has 8 aromatic rings. The van der Waals surface area contributed by atoms with Crippen molar-refractivity contribution in [2.24, 2.45) is 0 Å². The molecule has 0 amide bonds. The number of aryl methyl sites for hydroxylation is 5. The second kappa shape index (κ2) is 18.9. The van der Waals surface area contributed by atoms with Crippen LogP contribution in [0.15, 0.2) is 213 Å². The van der Waals surface area contributed by atoms with Crippen molar-refractivity contribution in [3.63, 3.8) is 0 Å². The van der Waals surface area contributed by atoms with E-state index < -0.39 is 0 Å². The summed E-state index contributed by atoms with van der Waals surface area (Å²) in [5.41, 5.74) is 21.6. The summed E-state index contributed by atoms with van der Waals surface area (Å²) in [6.45, 7) is 19.4. The van der Waals surface area contributed by atoms with E-state index in [0.29, 0.717) is 0 Å². The van der Waals surface area contributed by atoms with Crippen molar-refractivity contribution >= 4 is 57.4 Å². The first-order chi connectivity index (χ1) is 30.6. The monoisotopic (exact) mass is 814 g/mol. The molecule has 0 saturated heterocycles. The summed E-state index contributed by atoms with van der Waals surface area (Å²) in [4.78, 5) is 4.62. The van der Waals surface area contributed by atoms with Gasteiger partial charge in [-0.3, -0.25) is 0 Å². The van der Waals surface area contributed by atoms with E-state index in [1.807, 2.05) is 0 Å². The standard InChI is InChI=1S/C61H54N2/c1-43-8-17-50(18-9-43)19-15-47(5)51-22-34-58(35-23-51)62(56-30-11-44(2)12-31-56)60-38-26-54(27-39-60)55-28-40-61(41-29-55)63(57-32-13-45(3)14-33-57)59-36-24-52(25-37-59)48(6)16-21-53-20-10-46(4)42-49(53)7/h8-42H,5-6H2,1-4,7H3. The van der Waals surface area contributed by atoms with Gasteiger partial charge in [-0.25, -0.2) is 0 Å². The molecule has 308 valence electrons. The number of benzene rings is 8. The molecule has 0 bridgehead atoms. The van der Waals surface area contributed by atoms with Gasteiger partial charge in [-0.05, 0) is 158 Å². The van der Waals surface area contributed by atoms with E-state index in [1.165, 1.54) is 33.4 Å². The van der Waals surface area contributed by atoms with E-state index in [-0.39, 0.29) is 0 Å². The highest BCUT2D eigenvalue weighted by atomic mass is 15.1. The highest BCUT2D eigenvalue weighted by Crippen LogP contribution is 2.39. The molecular weight excluding hydrogens is 761 g/mol. The highest BCUT2D eigenvalue weighted by molar-refractivity contribution is 5.84. The number of hydrogen-bond acceptors (Lipinski definition) is 2. The Morgan fingerprint density at radius 3 is 1.05 bits per heavy atom. The molecule has 0 aromatic heterocycles. The molecule has 0 aliphatic carbocycles. The smallest absolute Gasteiger partial charge is 0.0462 e. The Bertz CT molecular complexity index is 2890. The lowest BCUT2D eigenvalue weighted by Crippen LogP contribution is -2.10. The molecule has 0 aliphatic heterocycles. The fourth-order valence-electron chi connectivity index (χ4n) is 7.81. The summed E-state index contributed by atoms with van der Waals surface area (Å²) in [5, 5.41) is 0. The third-order valence-corrected chi connectivity index (χ3v) is 11.6. The molecule has 0 N–H and O–H groups in total. The number of rotatable bonds is 13. The largest absolute Gasteiger partial charge is 0.311 e. The maximum Gasteiger partial charge on any atom is 0.0462 e. The summed E-state index contributed by atoms with van der Waals surface area (Å²) < 4.78 is 0. The molecule has 2 heteroatoms. The van der Waals surface area contributed by atoms with Crippen molar-refractivity contribution in [1.82, 2.24) is 0 Å². The maximum absolute atomic E-state index is 4.39. The van der Waals surface area contributed by atoms with Crippen LogP contribution >= 0.6 is 0 Å². The van der Waals surface area contributed by atoms with Crippen LogP contribution in [-0.4, -0.2) is 0 Å². The first-order valence-electron chi connectivity index (χ1n) is 21.6. The van der Waals surface area contributed by atoms with E-state index >= 15 is 0 Å². The van der Waals surface area contributed by atoms with Gasteiger partial charge in [0.05, 0.1) is 0 Å². The zero-order valence-electron chi connectivity index (χ0n) is 37.0. The number of nitrogens with zero attached hydrogens (tertiary/aromatic N) is 2. The summed E-state index contributed by atoms with van der Waals surface area (Å²) in [6, 6.07) is 67.6. The normalized spacial score (nSPS) is 11.3. The fraction of sp³-hybridized carbons (Fsp3) is 0.0820. The van der Waals surface area contributed by atoms with Crippen molar-refractivity contribution in [3.05, 3.63) is 263 Å². The molecule has 0 heterocycles. The van der Waals surface area contributed by atoms with Crippen LogP contribution in [0.3, 0.4) is 0 Å². The third kappa shape index (κ3) is 10.1. The van der Waals surface area contributed by atoms with E-state index in [0.717, 1.165) is 73.1 Å². The van der Waals surface area contributed by atoms with E-state index in [1.54, 1.807) is 0 Å². The van der Waals surface area contributed by atoms with Crippen LogP contribution in [0.25, 0.3) is 34.4 Å². The van der Waals surface area contributed by atoms with Crippen molar-refractivity contribution in [2.75, 3.05) is 9.80 Å². The van der Waals surface area contributed by atoms with Gasteiger partial charge in [-0.2, -0.15) is 0 Å². The topological polar surface area (TPSA) is 6.48 Å². The highest BCUT2D eigenvalue weighted by Gasteiger charge is 2.16. The Morgan fingerprint density at radius 2 is 0.667 bits per heavy atom. The third-order valence-electron chi connectivity index (χ3n) is 11.6. The van der Waals surface area contributed by atoms with Gasteiger partial charge in [0.1, 0.15) is 0 Å². The molecule has 0 fully saturated rings. The summed E-state index contributed by atoms with van der Waals surface area (Å²) in [5.74, 6) is 0. The number of allylic oxidation sites excluding steroid dienone is 4. The van der Waals surface area contributed by atoms with Gasteiger partial charge in [0.2, 0.25) is 0 Å². The number of anilines is 6. The molecular formula is C61H54N2. The summed E-state index contributed by atoms with van der Waals surface area (Å²) in [7, 11) is 0. The lowest BCUT2D eigenvalue weighted by atomic mass is 10.0. The SMILES string of the molecule is C=C(C=Cc1ccc(C)cc1)c1ccc(N(c2ccc(C)cc2)c2ccc(-c3ccc(N(c4ccc(C)cc4)c4ccc(C(=C)C=Cc5ccc(C)cc5C)cc4)cc3)cc2)cc1. The van der Waals surface area contributed by atoms with E-state index in [4.69, 9.17) is 0 Å². The molecule has 63 heavy (non-hydrogen) atoms. The Hall–Kier alpha value is -7.68. The second-order valence-electron chi connectivity index (χ2n) is 16.5. The van der Waals surface area contributed by atoms with Crippen LogP contribution in [0.5, 0.6) is 0 Å². The van der Waals surface area contributed by atoms with Crippen LogP contribution in [-0.2, 0) is 0 Å². The molecule has 0 aliphatic rings. The first kappa shape index (κ1) is 42.0. The lowest BCUT2D eigenvalue weighted by Gasteiger charge is -2.26. The fourth-order valence-corrected chi connectivity index (χ4v) is 7.81. The van der Waals surface area contributed by atoms with Crippen molar-refractivity contribution < 1.29 is 0 Å². The van der Waals surface area contributed by atoms with Gasteiger partial charge in [0.15, 0.2) is 0 Å². The summed E-state index contributed by atoms with van der Waals surface area (Å²) in [6.07, 6.45) is 8.47. The Labute approximate surface area is 374 Å². The second-order valence-corrected chi connectivity index (χ2v) is 16.5. The molecule has 8 rings (SSSR count). The van der Waals surface area contributed by atoms with Crippen molar-refractivity contribution in [3.8, 4) is 11.1 Å². The van der Waals surface area contributed by atoms with Crippen LogP contribution in [0.2, 0.25) is 0 Å². The quantitative estimate of drug-likeness (QED) is 0.107. The van der Waals surface area contributed by atoms with Gasteiger partial charge < -0.3 is 9.80 Å². The molecule has 2 nitrogen and oxygen atoms in total. The Kier molecular flexibility index (Phi) is 12.6. The Balaban J connectivity index is 1.03. The minimum Gasteiger partial charge on any atom is -0.311 e. The van der Waals surface area contributed by atoms with Crippen molar-refractivity contribution in [2.45, 2.75) is 34.6 Å². The van der Waals surface area contributed by atoms with Gasteiger partial charge in [-0.15, -0.1) is 0 Å². The Morgan fingerprint density at radius 1 is 0.349 bits per heavy atom. The van der Waals surface area contributed by atoms with Crippen LogP contribution in [0.1, 0.15) is 50.1 Å². The van der Waals surface area contributed by atoms with Gasteiger partial charge >= 0.3 is 0 Å². The van der Waals surface area contributed by atoms with Crippen LogP contribution in [0.4, 0.5) is 34.1 Å². The number of hydrogen-bond donors (Lipinski definition) is 0. The average Bonchev–Trinajstić information content (AvgIpc) is 3.31. The first-order valence-corrected chi connectivity index (χ1v) is 21.6. The zero-order chi connectivity index (χ0) is 43.9. The van der Waals surface area contributed by atoms with Gasteiger partial charge in [-0.1, -0.05) is 175 Å². The zero-order valence-corrected chi connectivity index (χ0v) is 37.0. The average molecular weight is 815 g/mol. The minimum absolute atomic E-state index is 0.971. The molecule has 0 atom stereocenters. The van der Waals surface area contributed by atoms with E-state index in [9.17, 15) is 0 Å².